The van der Waals surface area contributed by atoms with E-state index in [0.29, 0.717) is 11.8 Å². The predicted octanol–water partition coefficient (Wildman–Crippen LogP) is 5.76. The molecule has 1 atom stereocenters. The molecule has 0 aromatic rings. The van der Waals surface area contributed by atoms with E-state index >= 15 is 0 Å². The summed E-state index contributed by atoms with van der Waals surface area (Å²) in [7, 11) is 0. The Bertz CT molecular complexity index is 480. The van der Waals surface area contributed by atoms with E-state index in [1.54, 1.807) is 0 Å². The zero-order valence-electron chi connectivity index (χ0n) is 16.4. The van der Waals surface area contributed by atoms with Crippen LogP contribution in [0.2, 0.25) is 0 Å². The van der Waals surface area contributed by atoms with Gasteiger partial charge in [-0.1, -0.05) is 25.3 Å². The Labute approximate surface area is 153 Å². The summed E-state index contributed by atoms with van der Waals surface area (Å²) in [6.07, 6.45) is 16.6. The Kier molecular flexibility index (Phi) is 7.27. The highest BCUT2D eigenvalue weighted by Gasteiger charge is 2.38. The van der Waals surface area contributed by atoms with Gasteiger partial charge in [0.15, 0.2) is 0 Å². The van der Waals surface area contributed by atoms with Gasteiger partial charge in [0.2, 0.25) is 0 Å². The van der Waals surface area contributed by atoms with Crippen molar-refractivity contribution in [3.63, 3.8) is 0 Å². The van der Waals surface area contributed by atoms with Crippen molar-refractivity contribution >= 4 is 12.3 Å². The van der Waals surface area contributed by atoms with Crippen LogP contribution in [0.5, 0.6) is 0 Å². The first-order chi connectivity index (χ1) is 11.9. The fourth-order valence-corrected chi connectivity index (χ4v) is 4.84. The van der Waals surface area contributed by atoms with E-state index in [-0.39, 0.29) is 5.97 Å². The zero-order valence-corrected chi connectivity index (χ0v) is 16.4. The van der Waals surface area contributed by atoms with Gasteiger partial charge in [-0.25, -0.2) is 4.79 Å². The lowest BCUT2D eigenvalue weighted by atomic mass is 9.61. The third-order valence-corrected chi connectivity index (χ3v) is 6.05. The van der Waals surface area contributed by atoms with Gasteiger partial charge < -0.3 is 9.53 Å². The molecular formula is C22H36O3. The largest absolute Gasteiger partial charge is 0.457 e. The van der Waals surface area contributed by atoms with Gasteiger partial charge in [-0.3, -0.25) is 0 Å². The van der Waals surface area contributed by atoms with Crippen molar-refractivity contribution in [2.75, 3.05) is 0 Å². The maximum Gasteiger partial charge on any atom is 0.334 e. The quantitative estimate of drug-likeness (QED) is 0.468. The van der Waals surface area contributed by atoms with Crippen LogP contribution in [0.4, 0.5) is 0 Å². The number of esters is 1. The minimum atomic E-state index is -0.434. The van der Waals surface area contributed by atoms with Gasteiger partial charge in [0.05, 0.1) is 0 Å². The molecule has 25 heavy (non-hydrogen) atoms. The van der Waals surface area contributed by atoms with Gasteiger partial charge in [0.1, 0.15) is 11.9 Å². The Morgan fingerprint density at radius 1 is 1.20 bits per heavy atom. The van der Waals surface area contributed by atoms with Gasteiger partial charge in [0, 0.05) is 12.0 Å². The molecule has 0 amide bonds. The number of carbonyl (C=O) groups excluding carboxylic acids is 2. The fraction of sp³-hybridized carbons (Fsp3) is 0.818. The highest BCUT2D eigenvalue weighted by molar-refractivity contribution is 5.88. The summed E-state index contributed by atoms with van der Waals surface area (Å²) in [5.41, 5.74) is 0.718. The van der Waals surface area contributed by atoms with Crippen LogP contribution in [0.25, 0.3) is 0 Å². The molecule has 1 unspecified atom stereocenters. The Morgan fingerprint density at radius 3 is 2.56 bits per heavy atom. The van der Waals surface area contributed by atoms with E-state index < -0.39 is 5.60 Å². The van der Waals surface area contributed by atoms with Crippen LogP contribution < -0.4 is 0 Å². The van der Waals surface area contributed by atoms with Crippen LogP contribution in [0.15, 0.2) is 11.6 Å². The summed E-state index contributed by atoms with van der Waals surface area (Å²) in [4.78, 5) is 23.4. The molecule has 1 saturated carbocycles. The first-order valence-electron chi connectivity index (χ1n) is 10.2. The van der Waals surface area contributed by atoms with Crippen LogP contribution in [-0.2, 0) is 14.3 Å². The van der Waals surface area contributed by atoms with Crippen LogP contribution in [0, 0.1) is 11.3 Å². The lowest BCUT2D eigenvalue weighted by Gasteiger charge is -2.44. The summed E-state index contributed by atoms with van der Waals surface area (Å²) in [5.74, 6) is 0.614. The minimum Gasteiger partial charge on any atom is -0.457 e. The van der Waals surface area contributed by atoms with Crippen molar-refractivity contribution in [2.24, 2.45) is 11.3 Å². The molecule has 0 saturated heterocycles. The molecule has 0 aromatic carbocycles. The number of ether oxygens (including phenoxy) is 1. The number of rotatable bonds is 5. The second-order valence-electron chi connectivity index (χ2n) is 9.03. The van der Waals surface area contributed by atoms with Crippen molar-refractivity contribution in [3.05, 3.63) is 11.6 Å². The Morgan fingerprint density at radius 2 is 1.92 bits per heavy atom. The molecule has 1 fully saturated rings. The van der Waals surface area contributed by atoms with Crippen molar-refractivity contribution in [2.45, 2.75) is 103 Å². The molecule has 3 heteroatoms. The molecule has 2 aliphatic carbocycles. The lowest BCUT2D eigenvalue weighted by molar-refractivity contribution is -0.150. The molecule has 0 heterocycles. The summed E-state index contributed by atoms with van der Waals surface area (Å²) in [5, 5.41) is 0. The van der Waals surface area contributed by atoms with Crippen molar-refractivity contribution in [3.8, 4) is 0 Å². The average Bonchev–Trinajstić information content (AvgIpc) is 2.53. The molecule has 0 bridgehead atoms. The summed E-state index contributed by atoms with van der Waals surface area (Å²) in [6, 6.07) is 0. The summed E-state index contributed by atoms with van der Waals surface area (Å²) in [6.45, 7) is 5.76. The van der Waals surface area contributed by atoms with E-state index in [4.69, 9.17) is 4.74 Å². The normalized spacial score (nSPS) is 26.3. The second kappa shape index (κ2) is 9.00. The van der Waals surface area contributed by atoms with E-state index in [1.807, 2.05) is 20.8 Å². The summed E-state index contributed by atoms with van der Waals surface area (Å²) >= 11 is 0. The van der Waals surface area contributed by atoms with Gasteiger partial charge in [-0.2, -0.15) is 0 Å². The number of aldehydes is 1. The highest BCUT2D eigenvalue weighted by Crippen LogP contribution is 2.49. The highest BCUT2D eigenvalue weighted by atomic mass is 16.6. The van der Waals surface area contributed by atoms with Gasteiger partial charge in [0.25, 0.3) is 0 Å². The standard InChI is InChI=1S/C22H36O3/c1-21(2,3)25-20(24)18-10-7-14-22(15-8-11-18,16-9-17-23)19-12-5-4-6-13-19/h10,17,19H,4-9,11-16H2,1-3H3. The molecule has 142 valence electrons. The summed E-state index contributed by atoms with van der Waals surface area (Å²) < 4.78 is 5.55. The molecule has 0 aliphatic heterocycles. The van der Waals surface area contributed by atoms with Crippen LogP contribution in [0.1, 0.15) is 97.8 Å². The first-order valence-corrected chi connectivity index (χ1v) is 10.2. The molecule has 3 nitrogen and oxygen atoms in total. The van der Waals surface area contributed by atoms with Crippen LogP contribution in [-0.4, -0.2) is 17.9 Å². The number of carbonyl (C=O) groups is 2. The number of hydrogen-bond acceptors (Lipinski definition) is 3. The third-order valence-electron chi connectivity index (χ3n) is 6.05. The van der Waals surface area contributed by atoms with Crippen molar-refractivity contribution in [1.82, 2.24) is 0 Å². The van der Waals surface area contributed by atoms with E-state index in [2.05, 4.69) is 6.08 Å². The Hall–Kier alpha value is -1.12. The first kappa shape index (κ1) is 20.2. The second-order valence-corrected chi connectivity index (χ2v) is 9.03. The minimum absolute atomic E-state index is 0.148. The molecule has 0 N–H and O–H groups in total. The van der Waals surface area contributed by atoms with Crippen molar-refractivity contribution < 1.29 is 14.3 Å². The molecule has 2 aliphatic rings. The zero-order chi connectivity index (χ0) is 18.3. The van der Waals surface area contributed by atoms with E-state index in [0.717, 1.165) is 56.3 Å². The maximum atomic E-state index is 12.4. The molecular weight excluding hydrogens is 312 g/mol. The molecule has 2 rings (SSSR count). The topological polar surface area (TPSA) is 43.4 Å². The monoisotopic (exact) mass is 348 g/mol. The Balaban J connectivity index is 2.07. The molecule has 0 aromatic heterocycles. The molecule has 0 radical (unpaired) electrons. The predicted molar refractivity (Wildman–Crippen MR) is 101 cm³/mol. The van der Waals surface area contributed by atoms with Gasteiger partial charge >= 0.3 is 5.97 Å². The van der Waals surface area contributed by atoms with Crippen LogP contribution in [0.3, 0.4) is 0 Å². The maximum absolute atomic E-state index is 12.4. The van der Waals surface area contributed by atoms with E-state index in [1.165, 1.54) is 32.1 Å². The SMILES string of the molecule is CC(C)(C)OC(=O)C1=CCCC(CCC=O)(C2CCCCC2)CCC1. The van der Waals surface area contributed by atoms with E-state index in [9.17, 15) is 9.59 Å². The smallest absolute Gasteiger partial charge is 0.334 e. The van der Waals surface area contributed by atoms with Crippen molar-refractivity contribution in [1.29, 1.82) is 0 Å². The third kappa shape index (κ3) is 5.97. The van der Waals surface area contributed by atoms with Crippen LogP contribution >= 0.6 is 0 Å². The fourth-order valence-electron chi connectivity index (χ4n) is 4.84. The lowest BCUT2D eigenvalue weighted by Crippen LogP contribution is -2.33. The average molecular weight is 349 g/mol. The molecule has 0 spiro atoms. The number of hydrogen-bond donors (Lipinski definition) is 0. The van der Waals surface area contributed by atoms with Gasteiger partial charge in [-0.05, 0) is 83.5 Å². The number of allylic oxidation sites excluding steroid dienone is 1. The van der Waals surface area contributed by atoms with Gasteiger partial charge in [-0.15, -0.1) is 0 Å².